The highest BCUT2D eigenvalue weighted by molar-refractivity contribution is 9.11. The number of hydrogen-bond acceptors (Lipinski definition) is 3. The van der Waals surface area contributed by atoms with E-state index < -0.39 is 24.6 Å². The molecule has 0 heterocycles. The molecule has 0 aliphatic carbocycles. The number of para-hydroxylation sites is 1. The number of aliphatic hydroxyl groups is 1. The fraction of sp³-hybridized carbons (Fsp3) is 0.200. The summed E-state index contributed by atoms with van der Waals surface area (Å²) in [6.45, 7) is -0.681. The Balaban J connectivity index is 2.73. The maximum Gasteiger partial charge on any atom is 0.328 e. The van der Waals surface area contributed by atoms with Crippen LogP contribution in [-0.2, 0) is 4.79 Å². The highest BCUT2D eigenvalue weighted by atomic mass is 79.9. The van der Waals surface area contributed by atoms with Crippen LogP contribution < -0.4 is 10.6 Å². The van der Waals surface area contributed by atoms with Crippen LogP contribution in [0.25, 0.3) is 0 Å². The first-order chi connectivity index (χ1) is 8.45. The zero-order chi connectivity index (χ0) is 13.7. The van der Waals surface area contributed by atoms with Crippen LogP contribution in [0.15, 0.2) is 27.1 Å². The third-order valence-corrected chi connectivity index (χ3v) is 3.31. The first-order valence-corrected chi connectivity index (χ1v) is 6.39. The zero-order valence-corrected chi connectivity index (χ0v) is 12.2. The van der Waals surface area contributed by atoms with Crippen LogP contribution in [0, 0.1) is 0 Å². The lowest BCUT2D eigenvalue weighted by molar-refractivity contribution is -0.140. The summed E-state index contributed by atoms with van der Waals surface area (Å²) in [7, 11) is 0. The van der Waals surface area contributed by atoms with Crippen molar-refractivity contribution in [2.45, 2.75) is 6.04 Å². The van der Waals surface area contributed by atoms with E-state index in [1.807, 2.05) is 0 Å². The third kappa shape index (κ3) is 3.97. The van der Waals surface area contributed by atoms with Gasteiger partial charge in [-0.2, -0.15) is 0 Å². The molecule has 1 unspecified atom stereocenters. The number of anilines is 1. The molecule has 0 fully saturated rings. The van der Waals surface area contributed by atoms with Crippen molar-refractivity contribution in [2.75, 3.05) is 11.9 Å². The predicted octanol–water partition coefficient (Wildman–Crippen LogP) is 1.78. The van der Waals surface area contributed by atoms with E-state index in [1.54, 1.807) is 18.2 Å². The number of carboxylic acid groups (broad SMARTS) is 1. The first-order valence-electron chi connectivity index (χ1n) is 4.81. The highest BCUT2D eigenvalue weighted by Gasteiger charge is 2.19. The number of urea groups is 1. The molecule has 0 aliphatic heterocycles. The topological polar surface area (TPSA) is 98.7 Å². The predicted molar refractivity (Wildman–Crippen MR) is 72.5 cm³/mol. The molecule has 0 radical (unpaired) electrons. The number of hydrogen-bond donors (Lipinski definition) is 4. The standard InChI is InChI=1S/C10H10Br2N2O4/c11-5-2-1-3-6(12)8(5)14-10(18)13-7(4-15)9(16)17/h1-3,7,15H,4H2,(H,16,17)(H2,13,14,18). The van der Waals surface area contributed by atoms with Crippen LogP contribution in [0.3, 0.4) is 0 Å². The molecule has 4 N–H and O–H groups in total. The van der Waals surface area contributed by atoms with Crippen molar-refractivity contribution in [3.8, 4) is 0 Å². The van der Waals surface area contributed by atoms with Gasteiger partial charge in [-0.1, -0.05) is 6.07 Å². The summed E-state index contributed by atoms with van der Waals surface area (Å²) < 4.78 is 1.28. The van der Waals surface area contributed by atoms with Gasteiger partial charge in [-0.15, -0.1) is 0 Å². The number of nitrogens with one attached hydrogen (secondary N) is 2. The van der Waals surface area contributed by atoms with Crippen LogP contribution in [0.5, 0.6) is 0 Å². The van der Waals surface area contributed by atoms with Crippen LogP contribution in [-0.4, -0.2) is 34.9 Å². The molecular weight excluding hydrogens is 372 g/mol. The van der Waals surface area contributed by atoms with Gasteiger partial charge in [0.25, 0.3) is 0 Å². The van der Waals surface area contributed by atoms with Gasteiger partial charge in [-0.05, 0) is 44.0 Å². The van der Waals surface area contributed by atoms with Gasteiger partial charge >= 0.3 is 12.0 Å². The summed E-state index contributed by atoms with van der Waals surface area (Å²) in [4.78, 5) is 22.2. The van der Waals surface area contributed by atoms with Crippen LogP contribution in [0.1, 0.15) is 0 Å². The van der Waals surface area contributed by atoms with E-state index in [1.165, 1.54) is 0 Å². The molecule has 0 aliphatic rings. The van der Waals surface area contributed by atoms with E-state index in [-0.39, 0.29) is 0 Å². The summed E-state index contributed by atoms with van der Waals surface area (Å²) in [5.41, 5.74) is 0.470. The van der Waals surface area contributed by atoms with Crippen molar-refractivity contribution >= 4 is 49.5 Å². The van der Waals surface area contributed by atoms with E-state index in [0.717, 1.165) is 0 Å². The Morgan fingerprint density at radius 2 is 1.83 bits per heavy atom. The van der Waals surface area contributed by atoms with Gasteiger partial charge < -0.3 is 20.8 Å². The second-order valence-electron chi connectivity index (χ2n) is 3.27. The molecule has 2 amide bonds. The lowest BCUT2D eigenvalue weighted by Gasteiger charge is -2.14. The van der Waals surface area contributed by atoms with Gasteiger partial charge in [0.05, 0.1) is 12.3 Å². The lowest BCUT2D eigenvalue weighted by Crippen LogP contribution is -2.45. The van der Waals surface area contributed by atoms with Gasteiger partial charge in [0, 0.05) is 8.95 Å². The number of rotatable bonds is 4. The Morgan fingerprint density at radius 3 is 2.28 bits per heavy atom. The molecule has 0 bridgehead atoms. The maximum atomic E-state index is 11.6. The molecular formula is C10H10Br2N2O4. The molecule has 8 heteroatoms. The minimum Gasteiger partial charge on any atom is -0.480 e. The molecule has 1 aromatic carbocycles. The molecule has 6 nitrogen and oxygen atoms in total. The van der Waals surface area contributed by atoms with E-state index in [2.05, 4.69) is 42.5 Å². The van der Waals surface area contributed by atoms with Gasteiger partial charge in [0.1, 0.15) is 0 Å². The van der Waals surface area contributed by atoms with E-state index in [9.17, 15) is 9.59 Å². The van der Waals surface area contributed by atoms with Crippen LogP contribution in [0.4, 0.5) is 10.5 Å². The summed E-state index contributed by atoms with van der Waals surface area (Å²) >= 11 is 6.50. The lowest BCUT2D eigenvalue weighted by atomic mass is 10.3. The number of aliphatic carboxylic acids is 1. The van der Waals surface area contributed by atoms with Crippen molar-refractivity contribution < 1.29 is 19.8 Å². The van der Waals surface area contributed by atoms with E-state index >= 15 is 0 Å². The van der Waals surface area contributed by atoms with Crippen LogP contribution >= 0.6 is 31.9 Å². The van der Waals surface area contributed by atoms with Crippen molar-refractivity contribution in [2.24, 2.45) is 0 Å². The molecule has 0 spiro atoms. The Morgan fingerprint density at radius 1 is 1.28 bits per heavy atom. The maximum absolute atomic E-state index is 11.6. The van der Waals surface area contributed by atoms with Crippen molar-refractivity contribution in [3.05, 3.63) is 27.1 Å². The normalized spacial score (nSPS) is 11.7. The van der Waals surface area contributed by atoms with Crippen molar-refractivity contribution in [1.29, 1.82) is 0 Å². The molecule has 0 aromatic heterocycles. The molecule has 1 aromatic rings. The Bertz CT molecular complexity index is 447. The quantitative estimate of drug-likeness (QED) is 0.638. The summed E-state index contributed by atoms with van der Waals surface area (Å²) in [6, 6.07) is 3.16. The first kappa shape index (κ1) is 14.9. The average Bonchev–Trinajstić information content (AvgIpc) is 2.30. The number of halogens is 2. The molecule has 18 heavy (non-hydrogen) atoms. The number of amides is 2. The largest absolute Gasteiger partial charge is 0.480 e. The molecule has 1 rings (SSSR count). The fourth-order valence-corrected chi connectivity index (χ4v) is 2.31. The van der Waals surface area contributed by atoms with Crippen molar-refractivity contribution in [3.63, 3.8) is 0 Å². The number of benzene rings is 1. The Hall–Kier alpha value is -1.12. The number of carbonyl (C=O) groups excluding carboxylic acids is 1. The van der Waals surface area contributed by atoms with E-state index in [0.29, 0.717) is 14.6 Å². The minimum atomic E-state index is -1.34. The monoisotopic (exact) mass is 380 g/mol. The smallest absolute Gasteiger partial charge is 0.328 e. The van der Waals surface area contributed by atoms with E-state index in [4.69, 9.17) is 10.2 Å². The zero-order valence-electron chi connectivity index (χ0n) is 8.98. The molecule has 0 saturated carbocycles. The summed E-state index contributed by atoms with van der Waals surface area (Å²) in [5.74, 6) is -1.31. The molecule has 0 saturated heterocycles. The number of aliphatic hydroxyl groups excluding tert-OH is 1. The van der Waals surface area contributed by atoms with Gasteiger partial charge in [0.2, 0.25) is 0 Å². The summed E-state index contributed by atoms with van der Waals surface area (Å²) in [5, 5.41) is 22.1. The number of carbonyl (C=O) groups is 2. The minimum absolute atomic E-state index is 0.470. The van der Waals surface area contributed by atoms with Crippen molar-refractivity contribution in [1.82, 2.24) is 5.32 Å². The van der Waals surface area contributed by atoms with Gasteiger partial charge in [-0.3, -0.25) is 0 Å². The van der Waals surface area contributed by atoms with Gasteiger partial charge in [-0.25, -0.2) is 9.59 Å². The number of carboxylic acids is 1. The fourth-order valence-electron chi connectivity index (χ4n) is 1.11. The second kappa shape index (κ2) is 6.72. The second-order valence-corrected chi connectivity index (χ2v) is 4.98. The molecule has 98 valence electrons. The SMILES string of the molecule is O=C(Nc1c(Br)cccc1Br)NC(CO)C(=O)O. The highest BCUT2D eigenvalue weighted by Crippen LogP contribution is 2.30. The summed E-state index contributed by atoms with van der Waals surface area (Å²) in [6.07, 6.45) is 0. The molecule has 1 atom stereocenters. The Kier molecular flexibility index (Phi) is 5.57. The third-order valence-electron chi connectivity index (χ3n) is 1.99. The average molecular weight is 382 g/mol. The van der Waals surface area contributed by atoms with Gasteiger partial charge in [0.15, 0.2) is 6.04 Å². The Labute approximate surface area is 120 Å². The van der Waals surface area contributed by atoms with Crippen LogP contribution in [0.2, 0.25) is 0 Å².